The number of esters is 1. The van der Waals surface area contributed by atoms with Crippen LogP contribution < -0.4 is 14.8 Å². The van der Waals surface area contributed by atoms with Crippen molar-refractivity contribution in [2.24, 2.45) is 0 Å². The smallest absolute Gasteiger partial charge is 0.387 e. The molecule has 0 aliphatic rings. The summed E-state index contributed by atoms with van der Waals surface area (Å²) >= 11 is 0. The second kappa shape index (κ2) is 10.6. The standard InChI is InChI=1S/C22H25F2NO5/c1-13(2)16-10-9-14(3)19(11-16)28-12-20(26)29-15(4)21(27)25-17-7-5-6-8-18(17)30-22(23)24/h5-11,13,15,22H,12H2,1-4H3,(H,25,27)/t15-/m0/s1. The van der Waals surface area contributed by atoms with Gasteiger partial charge in [-0.15, -0.1) is 0 Å². The van der Waals surface area contributed by atoms with Gasteiger partial charge in [-0.25, -0.2) is 4.79 Å². The third kappa shape index (κ3) is 6.72. The highest BCUT2D eigenvalue weighted by Gasteiger charge is 2.20. The van der Waals surface area contributed by atoms with Gasteiger partial charge >= 0.3 is 12.6 Å². The van der Waals surface area contributed by atoms with Crippen molar-refractivity contribution < 1.29 is 32.6 Å². The predicted octanol–water partition coefficient (Wildman–Crippen LogP) is 4.67. The minimum Gasteiger partial charge on any atom is -0.482 e. The number of nitrogens with one attached hydrogen (secondary N) is 1. The van der Waals surface area contributed by atoms with Gasteiger partial charge in [-0.05, 0) is 49.1 Å². The lowest BCUT2D eigenvalue weighted by Crippen LogP contribution is -2.31. The summed E-state index contributed by atoms with van der Waals surface area (Å²) in [5.74, 6) is -0.743. The number of benzene rings is 2. The van der Waals surface area contributed by atoms with Crippen molar-refractivity contribution in [3.63, 3.8) is 0 Å². The number of anilines is 1. The van der Waals surface area contributed by atoms with Gasteiger partial charge in [0.2, 0.25) is 0 Å². The number of rotatable bonds is 9. The van der Waals surface area contributed by atoms with E-state index in [0.29, 0.717) is 11.7 Å². The number of hydrogen-bond acceptors (Lipinski definition) is 5. The Morgan fingerprint density at radius 1 is 1.03 bits per heavy atom. The summed E-state index contributed by atoms with van der Waals surface area (Å²) in [4.78, 5) is 24.3. The fourth-order valence-electron chi connectivity index (χ4n) is 2.56. The first kappa shape index (κ1) is 23.1. The van der Waals surface area contributed by atoms with Crippen molar-refractivity contribution in [2.45, 2.75) is 46.3 Å². The summed E-state index contributed by atoms with van der Waals surface area (Å²) in [6.45, 7) is 3.92. The van der Waals surface area contributed by atoms with Crippen LogP contribution in [0, 0.1) is 6.92 Å². The third-order valence-electron chi connectivity index (χ3n) is 4.26. The van der Waals surface area contributed by atoms with Gasteiger partial charge in [0.05, 0.1) is 5.69 Å². The summed E-state index contributed by atoms with van der Waals surface area (Å²) in [5, 5.41) is 2.41. The Morgan fingerprint density at radius 2 is 1.73 bits per heavy atom. The van der Waals surface area contributed by atoms with E-state index in [4.69, 9.17) is 9.47 Å². The molecule has 2 rings (SSSR count). The molecule has 8 heteroatoms. The Hall–Kier alpha value is -3.16. The number of para-hydroxylation sites is 2. The number of aryl methyl sites for hydroxylation is 1. The zero-order valence-electron chi connectivity index (χ0n) is 17.3. The molecule has 0 saturated heterocycles. The average Bonchev–Trinajstić information content (AvgIpc) is 2.68. The summed E-state index contributed by atoms with van der Waals surface area (Å²) in [6, 6.07) is 11.5. The Kier molecular flexibility index (Phi) is 8.15. The lowest BCUT2D eigenvalue weighted by Gasteiger charge is -2.16. The molecule has 0 radical (unpaired) electrons. The minimum atomic E-state index is -3.03. The molecule has 2 aromatic carbocycles. The van der Waals surface area contributed by atoms with Crippen LogP contribution in [-0.4, -0.2) is 31.2 Å². The SMILES string of the molecule is Cc1ccc(C(C)C)cc1OCC(=O)O[C@@H](C)C(=O)Nc1ccccc1OC(F)F. The summed E-state index contributed by atoms with van der Waals surface area (Å²) in [7, 11) is 0. The fourth-order valence-corrected chi connectivity index (χ4v) is 2.56. The van der Waals surface area contributed by atoms with Crippen LogP contribution in [0.4, 0.5) is 14.5 Å². The molecule has 0 unspecified atom stereocenters. The van der Waals surface area contributed by atoms with Crippen LogP contribution in [0.5, 0.6) is 11.5 Å². The molecule has 0 saturated carbocycles. The van der Waals surface area contributed by atoms with Crippen LogP contribution in [-0.2, 0) is 14.3 Å². The Morgan fingerprint density at radius 3 is 2.40 bits per heavy atom. The number of amides is 1. The van der Waals surface area contributed by atoms with Gasteiger partial charge < -0.3 is 19.5 Å². The largest absolute Gasteiger partial charge is 0.482 e. The maximum absolute atomic E-state index is 12.5. The molecule has 162 valence electrons. The average molecular weight is 421 g/mol. The van der Waals surface area contributed by atoms with Crippen LogP contribution in [0.2, 0.25) is 0 Å². The fraction of sp³-hybridized carbons (Fsp3) is 0.364. The van der Waals surface area contributed by atoms with E-state index in [2.05, 4.69) is 10.1 Å². The van der Waals surface area contributed by atoms with Crippen molar-refractivity contribution in [2.75, 3.05) is 11.9 Å². The van der Waals surface area contributed by atoms with Gasteiger partial charge in [-0.1, -0.05) is 38.1 Å². The van der Waals surface area contributed by atoms with Crippen molar-refractivity contribution in [3.8, 4) is 11.5 Å². The first-order valence-electron chi connectivity index (χ1n) is 9.45. The minimum absolute atomic E-state index is 0.0445. The quantitative estimate of drug-likeness (QED) is 0.596. The van der Waals surface area contributed by atoms with E-state index in [9.17, 15) is 18.4 Å². The maximum Gasteiger partial charge on any atom is 0.387 e. The summed E-state index contributed by atoms with van der Waals surface area (Å²) in [6.07, 6.45) is -1.16. The van der Waals surface area contributed by atoms with Gasteiger partial charge in [0.25, 0.3) is 5.91 Å². The van der Waals surface area contributed by atoms with Gasteiger partial charge in [0.15, 0.2) is 12.7 Å². The molecule has 0 aliphatic carbocycles. The topological polar surface area (TPSA) is 73.9 Å². The zero-order valence-corrected chi connectivity index (χ0v) is 17.3. The van der Waals surface area contributed by atoms with Crippen LogP contribution >= 0.6 is 0 Å². The number of halogens is 2. The summed E-state index contributed by atoms with van der Waals surface area (Å²) in [5.41, 5.74) is 1.98. The molecular formula is C22H25F2NO5. The number of ether oxygens (including phenoxy) is 3. The van der Waals surface area contributed by atoms with Crippen LogP contribution in [0.15, 0.2) is 42.5 Å². The van der Waals surface area contributed by atoms with Crippen molar-refractivity contribution in [3.05, 3.63) is 53.6 Å². The molecule has 30 heavy (non-hydrogen) atoms. The molecular weight excluding hydrogens is 396 g/mol. The molecule has 0 heterocycles. The van der Waals surface area contributed by atoms with Crippen LogP contribution in [0.25, 0.3) is 0 Å². The molecule has 6 nitrogen and oxygen atoms in total. The number of carbonyl (C=O) groups excluding carboxylic acids is 2. The predicted molar refractivity (Wildman–Crippen MR) is 108 cm³/mol. The highest BCUT2D eigenvalue weighted by atomic mass is 19.3. The maximum atomic E-state index is 12.5. The normalized spacial score (nSPS) is 11.9. The van der Waals surface area contributed by atoms with Crippen LogP contribution in [0.1, 0.15) is 37.8 Å². The number of alkyl halides is 2. The molecule has 0 aliphatic heterocycles. The molecule has 0 aromatic heterocycles. The molecule has 1 amide bonds. The third-order valence-corrected chi connectivity index (χ3v) is 4.26. The van der Waals surface area contributed by atoms with Crippen molar-refractivity contribution in [1.82, 2.24) is 0 Å². The van der Waals surface area contributed by atoms with Gasteiger partial charge in [-0.2, -0.15) is 8.78 Å². The van der Waals surface area contributed by atoms with E-state index < -0.39 is 24.6 Å². The van der Waals surface area contributed by atoms with E-state index in [-0.39, 0.29) is 18.0 Å². The molecule has 1 atom stereocenters. The second-order valence-electron chi connectivity index (χ2n) is 6.96. The van der Waals surface area contributed by atoms with Gasteiger partial charge in [0.1, 0.15) is 11.5 Å². The van der Waals surface area contributed by atoms with Crippen molar-refractivity contribution >= 4 is 17.6 Å². The van der Waals surface area contributed by atoms with Gasteiger partial charge in [-0.3, -0.25) is 4.79 Å². The molecule has 0 spiro atoms. The second-order valence-corrected chi connectivity index (χ2v) is 6.96. The molecule has 2 aromatic rings. The van der Waals surface area contributed by atoms with Crippen molar-refractivity contribution in [1.29, 1.82) is 0 Å². The highest BCUT2D eigenvalue weighted by molar-refractivity contribution is 5.96. The van der Waals surface area contributed by atoms with E-state index in [1.165, 1.54) is 25.1 Å². The Labute approximate surface area is 174 Å². The Balaban J connectivity index is 1.92. The zero-order chi connectivity index (χ0) is 22.3. The van der Waals surface area contributed by atoms with Gasteiger partial charge in [0, 0.05) is 0 Å². The first-order valence-corrected chi connectivity index (χ1v) is 9.45. The summed E-state index contributed by atoms with van der Waals surface area (Å²) < 4.78 is 39.9. The lowest BCUT2D eigenvalue weighted by molar-refractivity contribution is -0.155. The first-order chi connectivity index (χ1) is 14.2. The molecule has 0 bridgehead atoms. The van der Waals surface area contributed by atoms with E-state index >= 15 is 0 Å². The molecule has 1 N–H and O–H groups in total. The monoisotopic (exact) mass is 421 g/mol. The number of hydrogen-bond donors (Lipinski definition) is 1. The highest BCUT2D eigenvalue weighted by Crippen LogP contribution is 2.26. The number of carbonyl (C=O) groups is 2. The lowest BCUT2D eigenvalue weighted by atomic mass is 10.0. The van der Waals surface area contributed by atoms with E-state index in [1.807, 2.05) is 39.0 Å². The molecule has 0 fully saturated rings. The van der Waals surface area contributed by atoms with Crippen LogP contribution in [0.3, 0.4) is 0 Å². The van der Waals surface area contributed by atoms with E-state index in [0.717, 1.165) is 11.1 Å². The van der Waals surface area contributed by atoms with E-state index in [1.54, 1.807) is 6.07 Å². The Bertz CT molecular complexity index is 886.